The molecule has 0 aromatic heterocycles. The van der Waals surface area contributed by atoms with E-state index < -0.39 is 0 Å². The van der Waals surface area contributed by atoms with Gasteiger partial charge in [0.25, 0.3) is 0 Å². The van der Waals surface area contributed by atoms with E-state index in [-0.39, 0.29) is 11.9 Å². The standard InChI is InChI=1S/C12H20O4/c1-4-15-11(13)8-6-7-10(3)9-12(14)16-5-2/h9H,4-8H2,1-3H3. The molecule has 0 aliphatic heterocycles. The van der Waals surface area contributed by atoms with E-state index in [2.05, 4.69) is 0 Å². The number of hydrogen-bond acceptors (Lipinski definition) is 4. The molecule has 0 aromatic carbocycles. The van der Waals surface area contributed by atoms with Crippen molar-refractivity contribution >= 4 is 11.9 Å². The molecule has 0 bridgehead atoms. The molecule has 92 valence electrons. The summed E-state index contributed by atoms with van der Waals surface area (Å²) in [6, 6.07) is 0. The summed E-state index contributed by atoms with van der Waals surface area (Å²) >= 11 is 0. The van der Waals surface area contributed by atoms with Crippen molar-refractivity contribution in [1.82, 2.24) is 0 Å². The van der Waals surface area contributed by atoms with Crippen LogP contribution in [-0.2, 0) is 19.1 Å². The normalized spacial score (nSPS) is 11.1. The third kappa shape index (κ3) is 8.03. The topological polar surface area (TPSA) is 52.6 Å². The number of carbonyl (C=O) groups is 2. The number of allylic oxidation sites excluding steroid dienone is 1. The van der Waals surface area contributed by atoms with E-state index in [0.717, 1.165) is 5.57 Å². The molecule has 0 N–H and O–H groups in total. The van der Waals surface area contributed by atoms with Crippen LogP contribution in [0.4, 0.5) is 0 Å². The van der Waals surface area contributed by atoms with Gasteiger partial charge in [0.2, 0.25) is 0 Å². The van der Waals surface area contributed by atoms with Crippen LogP contribution in [0.2, 0.25) is 0 Å². The lowest BCUT2D eigenvalue weighted by atomic mass is 10.1. The molecule has 0 atom stereocenters. The fourth-order valence-electron chi connectivity index (χ4n) is 1.20. The van der Waals surface area contributed by atoms with E-state index in [1.54, 1.807) is 13.8 Å². The van der Waals surface area contributed by atoms with Gasteiger partial charge >= 0.3 is 11.9 Å². The van der Waals surface area contributed by atoms with Gasteiger partial charge < -0.3 is 9.47 Å². The molecule has 0 aliphatic rings. The maximum absolute atomic E-state index is 11.1. The third-order valence-electron chi connectivity index (χ3n) is 1.91. The number of ether oxygens (including phenoxy) is 2. The first-order valence-corrected chi connectivity index (χ1v) is 5.59. The molecule has 16 heavy (non-hydrogen) atoms. The van der Waals surface area contributed by atoms with E-state index in [1.807, 2.05) is 6.92 Å². The average molecular weight is 228 g/mol. The number of hydrogen-bond donors (Lipinski definition) is 0. The Bertz CT molecular complexity index is 256. The van der Waals surface area contributed by atoms with Gasteiger partial charge in [-0.15, -0.1) is 0 Å². The molecule has 0 spiro atoms. The van der Waals surface area contributed by atoms with Gasteiger partial charge in [0, 0.05) is 12.5 Å². The maximum Gasteiger partial charge on any atom is 0.330 e. The molecule has 0 saturated carbocycles. The molecule has 4 heteroatoms. The number of esters is 2. The summed E-state index contributed by atoms with van der Waals surface area (Å²) < 4.78 is 9.56. The Labute approximate surface area is 96.6 Å². The fourth-order valence-corrected chi connectivity index (χ4v) is 1.20. The minimum Gasteiger partial charge on any atom is -0.466 e. The molecule has 0 amide bonds. The molecule has 0 saturated heterocycles. The molecule has 0 radical (unpaired) electrons. The Hall–Kier alpha value is -1.32. The second kappa shape index (κ2) is 8.95. The zero-order valence-corrected chi connectivity index (χ0v) is 10.2. The zero-order chi connectivity index (χ0) is 12.4. The monoisotopic (exact) mass is 228 g/mol. The Morgan fingerprint density at radius 2 is 1.69 bits per heavy atom. The average Bonchev–Trinajstić information content (AvgIpc) is 2.18. The summed E-state index contributed by atoms with van der Waals surface area (Å²) in [6.45, 7) is 6.19. The summed E-state index contributed by atoms with van der Waals surface area (Å²) in [7, 11) is 0. The summed E-state index contributed by atoms with van der Waals surface area (Å²) in [4.78, 5) is 22.1. The Balaban J connectivity index is 3.76. The van der Waals surface area contributed by atoms with Gasteiger partial charge in [0.05, 0.1) is 13.2 Å². The van der Waals surface area contributed by atoms with Gasteiger partial charge in [-0.25, -0.2) is 4.79 Å². The lowest BCUT2D eigenvalue weighted by Gasteiger charge is -2.02. The van der Waals surface area contributed by atoms with Crippen LogP contribution in [0.5, 0.6) is 0 Å². The quantitative estimate of drug-likeness (QED) is 0.495. The molecule has 0 heterocycles. The minimum atomic E-state index is -0.323. The lowest BCUT2D eigenvalue weighted by molar-refractivity contribution is -0.143. The highest BCUT2D eigenvalue weighted by Gasteiger charge is 2.02. The molecule has 0 unspecified atom stereocenters. The Kier molecular flexibility index (Phi) is 8.21. The summed E-state index contributed by atoms with van der Waals surface area (Å²) in [5, 5.41) is 0. The van der Waals surface area contributed by atoms with E-state index in [9.17, 15) is 9.59 Å². The highest BCUT2D eigenvalue weighted by atomic mass is 16.5. The van der Waals surface area contributed by atoms with Crippen molar-refractivity contribution in [2.24, 2.45) is 0 Å². The van der Waals surface area contributed by atoms with Crippen LogP contribution in [0.25, 0.3) is 0 Å². The predicted molar refractivity (Wildman–Crippen MR) is 60.9 cm³/mol. The molecule has 0 aromatic rings. The van der Waals surface area contributed by atoms with Crippen molar-refractivity contribution in [2.75, 3.05) is 13.2 Å². The lowest BCUT2D eigenvalue weighted by Crippen LogP contribution is -2.04. The molecular formula is C12H20O4. The molecule has 0 fully saturated rings. The molecule has 0 aliphatic carbocycles. The van der Waals surface area contributed by atoms with Gasteiger partial charge in [-0.3, -0.25) is 4.79 Å². The van der Waals surface area contributed by atoms with Crippen LogP contribution in [0.15, 0.2) is 11.6 Å². The van der Waals surface area contributed by atoms with Gasteiger partial charge in [-0.1, -0.05) is 5.57 Å². The maximum atomic E-state index is 11.1. The van der Waals surface area contributed by atoms with Crippen LogP contribution in [0.3, 0.4) is 0 Å². The molecule has 4 nitrogen and oxygen atoms in total. The van der Waals surface area contributed by atoms with Crippen LogP contribution in [0.1, 0.15) is 40.0 Å². The van der Waals surface area contributed by atoms with Gasteiger partial charge in [0.15, 0.2) is 0 Å². The van der Waals surface area contributed by atoms with Crippen molar-refractivity contribution in [3.05, 3.63) is 11.6 Å². The summed E-state index contributed by atoms with van der Waals surface area (Å²) in [5.74, 6) is -0.512. The second-order valence-electron chi connectivity index (χ2n) is 3.40. The SMILES string of the molecule is CCOC(=O)C=C(C)CCCC(=O)OCC. The fraction of sp³-hybridized carbons (Fsp3) is 0.667. The van der Waals surface area contributed by atoms with Crippen LogP contribution < -0.4 is 0 Å². The van der Waals surface area contributed by atoms with E-state index in [0.29, 0.717) is 32.5 Å². The first-order valence-electron chi connectivity index (χ1n) is 5.59. The van der Waals surface area contributed by atoms with Crippen LogP contribution in [0, 0.1) is 0 Å². The summed E-state index contributed by atoms with van der Waals surface area (Å²) in [5.41, 5.74) is 0.919. The van der Waals surface area contributed by atoms with E-state index in [4.69, 9.17) is 9.47 Å². The van der Waals surface area contributed by atoms with Gasteiger partial charge in [-0.05, 0) is 33.6 Å². The van der Waals surface area contributed by atoms with Crippen molar-refractivity contribution in [2.45, 2.75) is 40.0 Å². The first-order chi connectivity index (χ1) is 7.60. The van der Waals surface area contributed by atoms with E-state index >= 15 is 0 Å². The largest absolute Gasteiger partial charge is 0.466 e. The zero-order valence-electron chi connectivity index (χ0n) is 10.2. The van der Waals surface area contributed by atoms with Gasteiger partial charge in [0.1, 0.15) is 0 Å². The smallest absolute Gasteiger partial charge is 0.330 e. The van der Waals surface area contributed by atoms with Crippen molar-refractivity contribution in [3.8, 4) is 0 Å². The van der Waals surface area contributed by atoms with Gasteiger partial charge in [-0.2, -0.15) is 0 Å². The van der Waals surface area contributed by atoms with Crippen molar-refractivity contribution in [1.29, 1.82) is 0 Å². The highest BCUT2D eigenvalue weighted by molar-refractivity contribution is 5.82. The van der Waals surface area contributed by atoms with Crippen LogP contribution in [-0.4, -0.2) is 25.2 Å². The Morgan fingerprint density at radius 3 is 2.25 bits per heavy atom. The Morgan fingerprint density at radius 1 is 1.06 bits per heavy atom. The first kappa shape index (κ1) is 14.7. The van der Waals surface area contributed by atoms with Crippen molar-refractivity contribution in [3.63, 3.8) is 0 Å². The second-order valence-corrected chi connectivity index (χ2v) is 3.40. The molecule has 0 rings (SSSR count). The van der Waals surface area contributed by atoms with Crippen molar-refractivity contribution < 1.29 is 19.1 Å². The minimum absolute atomic E-state index is 0.188. The highest BCUT2D eigenvalue weighted by Crippen LogP contribution is 2.07. The predicted octanol–water partition coefficient (Wildman–Crippen LogP) is 2.23. The summed E-state index contributed by atoms with van der Waals surface area (Å²) in [6.07, 6.45) is 3.26. The number of rotatable bonds is 7. The molecular weight excluding hydrogens is 208 g/mol. The number of carbonyl (C=O) groups excluding carboxylic acids is 2. The third-order valence-corrected chi connectivity index (χ3v) is 1.91. The van der Waals surface area contributed by atoms with Crippen LogP contribution >= 0.6 is 0 Å². The van der Waals surface area contributed by atoms with E-state index in [1.165, 1.54) is 6.08 Å².